The van der Waals surface area contributed by atoms with Crippen LogP contribution in [0.15, 0.2) is 6.20 Å². The number of hydrogen-bond donors (Lipinski definition) is 2. The molecule has 1 fully saturated rings. The molecule has 1 aromatic rings. The van der Waals surface area contributed by atoms with Gasteiger partial charge in [0.1, 0.15) is 0 Å². The minimum absolute atomic E-state index is 0.117. The van der Waals surface area contributed by atoms with Crippen molar-refractivity contribution >= 4 is 0 Å². The van der Waals surface area contributed by atoms with Gasteiger partial charge in [-0.15, -0.1) is 0 Å². The van der Waals surface area contributed by atoms with Gasteiger partial charge in [-0.05, 0) is 32.2 Å². The predicted molar refractivity (Wildman–Crippen MR) is 77.0 cm³/mol. The second kappa shape index (κ2) is 6.06. The molecule has 4 heteroatoms. The Morgan fingerprint density at radius 3 is 2.95 bits per heavy atom. The van der Waals surface area contributed by atoms with Crippen LogP contribution < -0.4 is 0 Å². The molecule has 19 heavy (non-hydrogen) atoms. The highest BCUT2D eigenvalue weighted by molar-refractivity contribution is 5.23. The Bertz CT molecular complexity index is 394. The van der Waals surface area contributed by atoms with Crippen molar-refractivity contribution in [1.82, 2.24) is 15.1 Å². The maximum atomic E-state index is 8.99. The molecular formula is C15H27N3O. The summed E-state index contributed by atoms with van der Waals surface area (Å²) in [6.07, 6.45) is 6.54. The van der Waals surface area contributed by atoms with Crippen molar-refractivity contribution in [1.29, 1.82) is 0 Å². The normalized spacial score (nSPS) is 21.2. The van der Waals surface area contributed by atoms with E-state index in [0.717, 1.165) is 19.4 Å². The lowest BCUT2D eigenvalue weighted by Gasteiger charge is -2.26. The maximum Gasteiger partial charge on any atom is 0.0535 e. The van der Waals surface area contributed by atoms with Crippen molar-refractivity contribution < 1.29 is 5.11 Å². The van der Waals surface area contributed by atoms with E-state index in [2.05, 4.69) is 35.9 Å². The number of nitrogens with zero attached hydrogens (tertiary/aromatic N) is 2. The minimum atomic E-state index is 0.117. The molecule has 0 spiro atoms. The van der Waals surface area contributed by atoms with Crippen LogP contribution in [-0.2, 0) is 12.0 Å². The Hall–Kier alpha value is -0.870. The number of aromatic nitrogens is 2. The molecule has 0 bridgehead atoms. The van der Waals surface area contributed by atoms with Gasteiger partial charge in [0.15, 0.2) is 0 Å². The van der Waals surface area contributed by atoms with Crippen LogP contribution in [0.3, 0.4) is 0 Å². The molecule has 2 heterocycles. The van der Waals surface area contributed by atoms with Crippen molar-refractivity contribution in [2.75, 3.05) is 13.2 Å². The number of likely N-dealkylation sites (tertiary alicyclic amines) is 1. The number of H-pyrrole nitrogens is 1. The van der Waals surface area contributed by atoms with Crippen LogP contribution in [-0.4, -0.2) is 39.4 Å². The third-order valence-electron chi connectivity index (χ3n) is 4.04. The van der Waals surface area contributed by atoms with Crippen LogP contribution >= 0.6 is 0 Å². The summed E-state index contributed by atoms with van der Waals surface area (Å²) in [5, 5.41) is 16.4. The van der Waals surface area contributed by atoms with Gasteiger partial charge in [0.05, 0.1) is 6.20 Å². The summed E-state index contributed by atoms with van der Waals surface area (Å²) < 4.78 is 0. The monoisotopic (exact) mass is 265 g/mol. The van der Waals surface area contributed by atoms with Crippen LogP contribution in [0.25, 0.3) is 0 Å². The molecule has 2 N–H and O–H groups in total. The molecule has 108 valence electrons. The lowest BCUT2D eigenvalue weighted by molar-refractivity contribution is 0.209. The van der Waals surface area contributed by atoms with Crippen molar-refractivity contribution in [2.45, 2.75) is 64.5 Å². The van der Waals surface area contributed by atoms with E-state index in [4.69, 9.17) is 5.11 Å². The SMILES string of the molecule is CC(C)(C)c1[nH]ncc1CN1CCCC1CCCO. The second-order valence-electron chi connectivity index (χ2n) is 6.65. The number of rotatable bonds is 5. The smallest absolute Gasteiger partial charge is 0.0535 e. The van der Waals surface area contributed by atoms with Crippen LogP contribution in [0.4, 0.5) is 0 Å². The molecule has 1 saturated heterocycles. The van der Waals surface area contributed by atoms with Gasteiger partial charge in [0.2, 0.25) is 0 Å². The number of aliphatic hydroxyl groups excluding tert-OH is 1. The fraction of sp³-hybridized carbons (Fsp3) is 0.800. The minimum Gasteiger partial charge on any atom is -0.396 e. The van der Waals surface area contributed by atoms with Gasteiger partial charge in [0.25, 0.3) is 0 Å². The molecule has 1 atom stereocenters. The first kappa shape index (κ1) is 14.5. The third kappa shape index (κ3) is 3.57. The average Bonchev–Trinajstić information content (AvgIpc) is 2.95. The van der Waals surface area contributed by atoms with Gasteiger partial charge in [-0.25, -0.2) is 0 Å². The highest BCUT2D eigenvalue weighted by atomic mass is 16.2. The molecule has 2 rings (SSSR count). The van der Waals surface area contributed by atoms with E-state index in [1.807, 2.05) is 6.20 Å². The fourth-order valence-corrected chi connectivity index (χ4v) is 3.06. The topological polar surface area (TPSA) is 52.2 Å². The van der Waals surface area contributed by atoms with Gasteiger partial charge >= 0.3 is 0 Å². The summed E-state index contributed by atoms with van der Waals surface area (Å²) >= 11 is 0. The highest BCUT2D eigenvalue weighted by Crippen LogP contribution is 2.28. The zero-order chi connectivity index (χ0) is 13.9. The third-order valence-corrected chi connectivity index (χ3v) is 4.04. The summed E-state index contributed by atoms with van der Waals surface area (Å²) in [4.78, 5) is 2.55. The first-order valence-corrected chi connectivity index (χ1v) is 7.40. The van der Waals surface area contributed by atoms with Crippen LogP contribution in [0.2, 0.25) is 0 Å². The van der Waals surface area contributed by atoms with Crippen molar-refractivity contribution in [3.63, 3.8) is 0 Å². The van der Waals surface area contributed by atoms with Crippen LogP contribution in [0.5, 0.6) is 0 Å². The van der Waals surface area contributed by atoms with Gasteiger partial charge in [-0.3, -0.25) is 10.00 Å². The van der Waals surface area contributed by atoms with E-state index in [0.29, 0.717) is 12.6 Å². The number of aliphatic hydroxyl groups is 1. The molecule has 1 aliphatic rings. The molecular weight excluding hydrogens is 238 g/mol. The molecule has 1 unspecified atom stereocenters. The van der Waals surface area contributed by atoms with Crippen LogP contribution in [0, 0.1) is 0 Å². The Morgan fingerprint density at radius 1 is 1.47 bits per heavy atom. The zero-order valence-corrected chi connectivity index (χ0v) is 12.4. The molecule has 0 radical (unpaired) electrons. The van der Waals surface area contributed by atoms with Gasteiger partial charge < -0.3 is 5.11 Å². The molecule has 0 amide bonds. The van der Waals surface area contributed by atoms with E-state index in [9.17, 15) is 0 Å². The Kier molecular flexibility index (Phi) is 4.63. The lowest BCUT2D eigenvalue weighted by Crippen LogP contribution is -2.30. The first-order chi connectivity index (χ1) is 9.02. The zero-order valence-electron chi connectivity index (χ0n) is 12.4. The quantitative estimate of drug-likeness (QED) is 0.860. The standard InChI is InChI=1S/C15H27N3O/c1-15(2,3)14-12(10-16-17-14)11-18-8-4-6-13(18)7-5-9-19/h10,13,19H,4-9,11H2,1-3H3,(H,16,17). The second-order valence-corrected chi connectivity index (χ2v) is 6.65. The molecule has 4 nitrogen and oxygen atoms in total. The fourth-order valence-electron chi connectivity index (χ4n) is 3.06. The van der Waals surface area contributed by atoms with E-state index < -0.39 is 0 Å². The Morgan fingerprint density at radius 2 is 2.26 bits per heavy atom. The van der Waals surface area contributed by atoms with Gasteiger partial charge in [-0.2, -0.15) is 5.10 Å². The van der Waals surface area contributed by atoms with Crippen molar-refractivity contribution in [3.8, 4) is 0 Å². The molecule has 0 saturated carbocycles. The van der Waals surface area contributed by atoms with Gasteiger partial charge in [0, 0.05) is 35.9 Å². The van der Waals surface area contributed by atoms with Crippen LogP contribution in [0.1, 0.15) is 57.7 Å². The van der Waals surface area contributed by atoms with Gasteiger partial charge in [-0.1, -0.05) is 20.8 Å². The largest absolute Gasteiger partial charge is 0.396 e. The summed E-state index contributed by atoms with van der Waals surface area (Å²) in [5.74, 6) is 0. The lowest BCUT2D eigenvalue weighted by atomic mass is 9.89. The maximum absolute atomic E-state index is 8.99. The van der Waals surface area contributed by atoms with E-state index in [1.165, 1.54) is 30.6 Å². The van der Waals surface area contributed by atoms with E-state index >= 15 is 0 Å². The number of aromatic amines is 1. The summed E-state index contributed by atoms with van der Waals surface area (Å²) in [6, 6.07) is 0.634. The molecule has 1 aliphatic heterocycles. The Labute approximate surface area is 116 Å². The Balaban J connectivity index is 2.02. The van der Waals surface area contributed by atoms with E-state index in [-0.39, 0.29) is 5.41 Å². The molecule has 1 aromatic heterocycles. The summed E-state index contributed by atoms with van der Waals surface area (Å²) in [6.45, 7) is 9.12. The average molecular weight is 265 g/mol. The van der Waals surface area contributed by atoms with Crippen molar-refractivity contribution in [2.24, 2.45) is 0 Å². The highest BCUT2D eigenvalue weighted by Gasteiger charge is 2.27. The van der Waals surface area contributed by atoms with E-state index in [1.54, 1.807) is 0 Å². The number of nitrogens with one attached hydrogen (secondary N) is 1. The first-order valence-electron chi connectivity index (χ1n) is 7.40. The van der Waals surface area contributed by atoms with Crippen molar-refractivity contribution in [3.05, 3.63) is 17.5 Å². The molecule has 0 aliphatic carbocycles. The summed E-state index contributed by atoms with van der Waals surface area (Å²) in [7, 11) is 0. The predicted octanol–water partition coefficient (Wildman–Crippen LogP) is 2.44. The molecule has 0 aromatic carbocycles. The summed E-state index contributed by atoms with van der Waals surface area (Å²) in [5.41, 5.74) is 2.69. The number of hydrogen-bond acceptors (Lipinski definition) is 3.